The normalized spacial score (nSPS) is 13.5. The van der Waals surface area contributed by atoms with Gasteiger partial charge in [0.15, 0.2) is 0 Å². The Morgan fingerprint density at radius 3 is 1.33 bits per heavy atom. The van der Waals surface area contributed by atoms with Crippen LogP contribution in [0.3, 0.4) is 0 Å². The van der Waals surface area contributed by atoms with E-state index in [1.165, 1.54) is 70.7 Å². The molecule has 0 amide bonds. The Bertz CT molecular complexity index is 4640. The van der Waals surface area contributed by atoms with Crippen molar-refractivity contribution in [2.24, 2.45) is 0 Å². The van der Waals surface area contributed by atoms with Crippen molar-refractivity contribution in [2.45, 2.75) is 9.79 Å². The monoisotopic (exact) mass is 1050 g/mol. The van der Waals surface area contributed by atoms with Crippen molar-refractivity contribution in [3.63, 3.8) is 0 Å². The fraction of sp³-hybridized carbons (Fsp3) is 0. The van der Waals surface area contributed by atoms with Gasteiger partial charge in [0.05, 0.1) is 11.4 Å². The van der Waals surface area contributed by atoms with Crippen molar-refractivity contribution in [3.8, 4) is 0 Å². The number of hydrogen-bond acceptors (Lipinski definition) is 7. The predicted octanol–water partition coefficient (Wildman–Crippen LogP) is 15.7. The van der Waals surface area contributed by atoms with E-state index in [1.807, 2.05) is 11.8 Å². The predicted molar refractivity (Wildman–Crippen MR) is 341 cm³/mol. The molecule has 81 heavy (non-hydrogen) atoms. The molecule has 18 rings (SSSR count). The van der Waals surface area contributed by atoms with Crippen LogP contribution in [0.15, 0.2) is 287 Å². The SMILES string of the molecule is c1ccc(N(c2ccccc2)c2ccc3c(c2)N(c2ccccc2)c2cc4c5c6c2B3c2cccc3c2N6c2c(cc6oc7ccccc7c6c2B5c2ccc(N(c5ccccc5)c5ccccc5)cc2N4c2ccccc2)S3)cc1. The van der Waals surface area contributed by atoms with Gasteiger partial charge in [-0.3, -0.25) is 0 Å². The topological polar surface area (TPSA) is 29.3 Å². The Morgan fingerprint density at radius 2 is 0.790 bits per heavy atom. The van der Waals surface area contributed by atoms with Gasteiger partial charge in [-0.05, 0) is 154 Å². The third-order valence-corrected chi connectivity index (χ3v) is 18.4. The van der Waals surface area contributed by atoms with E-state index in [0.717, 1.165) is 79.1 Å². The molecule has 9 heteroatoms. The van der Waals surface area contributed by atoms with Crippen LogP contribution in [0.2, 0.25) is 0 Å². The molecule has 5 aliphatic rings. The van der Waals surface area contributed by atoms with Crippen molar-refractivity contribution in [1.82, 2.24) is 0 Å². The Hall–Kier alpha value is -10.1. The van der Waals surface area contributed by atoms with Gasteiger partial charge in [-0.15, -0.1) is 0 Å². The van der Waals surface area contributed by atoms with E-state index in [4.69, 9.17) is 4.42 Å². The lowest BCUT2D eigenvalue weighted by Gasteiger charge is -2.52. The molecule has 6 nitrogen and oxygen atoms in total. The zero-order chi connectivity index (χ0) is 52.9. The summed E-state index contributed by atoms with van der Waals surface area (Å²) in [5.74, 6) is 0. The Kier molecular flexibility index (Phi) is 9.53. The maximum Gasteiger partial charge on any atom is 0.253 e. The van der Waals surface area contributed by atoms with Crippen molar-refractivity contribution >= 4 is 165 Å². The third kappa shape index (κ3) is 6.38. The van der Waals surface area contributed by atoms with Gasteiger partial charge in [-0.25, -0.2) is 0 Å². The molecule has 1 aromatic heterocycles. The quantitative estimate of drug-likeness (QED) is 0.140. The van der Waals surface area contributed by atoms with E-state index in [1.54, 1.807) is 0 Å². The van der Waals surface area contributed by atoms with E-state index in [0.29, 0.717) is 0 Å². The van der Waals surface area contributed by atoms with Gasteiger partial charge in [0.1, 0.15) is 11.2 Å². The molecular weight excluding hydrogens is 1000 g/mol. The number of fused-ring (bicyclic) bond motifs is 10. The summed E-state index contributed by atoms with van der Waals surface area (Å²) >= 11 is 1.89. The molecule has 0 saturated heterocycles. The minimum atomic E-state index is -0.173. The number of nitrogens with zero attached hydrogens (tertiary/aromatic N) is 5. The Morgan fingerprint density at radius 1 is 0.309 bits per heavy atom. The highest BCUT2D eigenvalue weighted by Crippen LogP contribution is 2.58. The molecule has 12 aromatic carbocycles. The second kappa shape index (κ2) is 17.2. The van der Waals surface area contributed by atoms with Crippen LogP contribution < -0.4 is 57.3 Å². The van der Waals surface area contributed by atoms with Crippen molar-refractivity contribution < 1.29 is 4.42 Å². The summed E-state index contributed by atoms with van der Waals surface area (Å²) < 4.78 is 6.99. The van der Waals surface area contributed by atoms with Crippen molar-refractivity contribution in [1.29, 1.82) is 0 Å². The first kappa shape index (κ1) is 44.9. The number of hydrogen-bond donors (Lipinski definition) is 0. The summed E-state index contributed by atoms with van der Waals surface area (Å²) in [4.78, 5) is 15.1. The average Bonchev–Trinajstić information content (AvgIpc) is 2.21. The Labute approximate surface area is 474 Å². The number of benzene rings is 12. The summed E-state index contributed by atoms with van der Waals surface area (Å²) in [7, 11) is 0. The first-order valence-corrected chi connectivity index (χ1v) is 28.6. The number of para-hydroxylation sites is 8. The highest BCUT2D eigenvalue weighted by molar-refractivity contribution is 7.99. The lowest BCUT2D eigenvalue weighted by molar-refractivity contribution is 0.668. The van der Waals surface area contributed by atoms with Crippen LogP contribution in [0.25, 0.3) is 21.9 Å². The van der Waals surface area contributed by atoms with Crippen molar-refractivity contribution in [3.05, 3.63) is 273 Å². The van der Waals surface area contributed by atoms with Gasteiger partial charge in [0.2, 0.25) is 0 Å². The van der Waals surface area contributed by atoms with E-state index >= 15 is 0 Å². The zero-order valence-electron chi connectivity index (χ0n) is 43.7. The first-order valence-electron chi connectivity index (χ1n) is 27.8. The molecule has 0 atom stereocenters. The van der Waals surface area contributed by atoms with Crippen LogP contribution in [0.4, 0.5) is 85.3 Å². The lowest BCUT2D eigenvalue weighted by atomic mass is 9.28. The van der Waals surface area contributed by atoms with Gasteiger partial charge in [-0.1, -0.05) is 163 Å². The lowest BCUT2D eigenvalue weighted by Crippen LogP contribution is -2.69. The second-order valence-corrected chi connectivity index (χ2v) is 22.6. The summed E-state index contributed by atoms with van der Waals surface area (Å²) in [6.07, 6.45) is 0. The van der Waals surface area contributed by atoms with Gasteiger partial charge in [0.25, 0.3) is 13.4 Å². The molecule has 0 fully saturated rings. The average molecular weight is 1050 g/mol. The maximum absolute atomic E-state index is 6.99. The molecule has 0 aliphatic carbocycles. The minimum absolute atomic E-state index is 0.0838. The van der Waals surface area contributed by atoms with Crippen LogP contribution >= 0.6 is 11.8 Å². The van der Waals surface area contributed by atoms with Gasteiger partial charge in [-0.2, -0.15) is 0 Å². The molecule has 6 heterocycles. The molecule has 0 unspecified atom stereocenters. The zero-order valence-corrected chi connectivity index (χ0v) is 44.5. The molecule has 5 aliphatic heterocycles. The fourth-order valence-electron chi connectivity index (χ4n) is 14.2. The van der Waals surface area contributed by atoms with E-state index in [9.17, 15) is 0 Å². The number of furan rings is 1. The summed E-state index contributed by atoms with van der Waals surface area (Å²) in [5, 5.41) is 2.31. The van der Waals surface area contributed by atoms with Gasteiger partial charge < -0.3 is 28.9 Å². The fourth-order valence-corrected chi connectivity index (χ4v) is 15.4. The molecule has 0 saturated carbocycles. The highest BCUT2D eigenvalue weighted by Gasteiger charge is 2.54. The molecule has 376 valence electrons. The maximum atomic E-state index is 6.99. The first-order chi connectivity index (χ1) is 40.2. The molecule has 0 radical (unpaired) electrons. The van der Waals surface area contributed by atoms with Gasteiger partial charge >= 0.3 is 0 Å². The van der Waals surface area contributed by atoms with Crippen molar-refractivity contribution in [2.75, 3.05) is 24.5 Å². The molecule has 0 bridgehead atoms. The van der Waals surface area contributed by atoms with Crippen LogP contribution in [0.1, 0.15) is 0 Å². The van der Waals surface area contributed by atoms with Gasteiger partial charge in [0, 0.05) is 94.5 Å². The largest absolute Gasteiger partial charge is 0.456 e. The van der Waals surface area contributed by atoms with E-state index in [2.05, 4.69) is 297 Å². The van der Waals surface area contributed by atoms with E-state index < -0.39 is 0 Å². The highest BCUT2D eigenvalue weighted by atomic mass is 32.2. The third-order valence-electron chi connectivity index (χ3n) is 17.3. The summed E-state index contributed by atoms with van der Waals surface area (Å²) in [5.41, 5.74) is 26.7. The van der Waals surface area contributed by atoms with E-state index in [-0.39, 0.29) is 13.4 Å². The second-order valence-electron chi connectivity index (χ2n) is 21.5. The Balaban J connectivity index is 0.984. The summed E-state index contributed by atoms with van der Waals surface area (Å²) in [6, 6.07) is 100. The van der Waals surface area contributed by atoms with Crippen LogP contribution in [-0.2, 0) is 0 Å². The standard InChI is InChI=1S/C72H45B2N5OS/c1-7-22-46(23-8-1)75(47-24-9-2-10-25-47)52-38-40-55-58(42-52)77(50-30-15-5-16-31-50)60-44-61-68-72-67(60)73(55)57-35-21-37-64-70(57)79(72)71-65(81-64)45-63-66(54-34-19-20-36-62(54)80-63)69(71)74(68)56-41-39-53(43-59(56)78(61)51-32-17-6-18-33-51)76(48-26-11-3-12-27-48)49-28-13-4-14-29-49/h1-45H. The molecule has 0 N–H and O–H groups in total. The molecular formula is C72H45B2N5OS. The van der Waals surface area contributed by atoms with Crippen LogP contribution in [0, 0.1) is 0 Å². The smallest absolute Gasteiger partial charge is 0.253 e. The van der Waals surface area contributed by atoms with Crippen LogP contribution in [0.5, 0.6) is 0 Å². The molecule has 0 spiro atoms. The summed E-state index contributed by atoms with van der Waals surface area (Å²) in [6.45, 7) is -0.257. The van der Waals surface area contributed by atoms with Crippen LogP contribution in [-0.4, -0.2) is 13.4 Å². The number of anilines is 15. The molecule has 13 aromatic rings. The number of rotatable bonds is 8. The minimum Gasteiger partial charge on any atom is -0.456 e.